The molecule has 1 amide bonds. The Hall–Kier alpha value is -0.220. The van der Waals surface area contributed by atoms with Crippen molar-refractivity contribution in [1.29, 1.82) is 0 Å². The van der Waals surface area contributed by atoms with Gasteiger partial charge in [-0.2, -0.15) is 12.6 Å². The van der Waals surface area contributed by atoms with E-state index in [0.717, 1.165) is 0 Å². The summed E-state index contributed by atoms with van der Waals surface area (Å²) >= 11 is 4.06. The van der Waals surface area contributed by atoms with Gasteiger partial charge in [0.05, 0.1) is 17.9 Å². The average molecular weight is 191 g/mol. The lowest BCUT2D eigenvalue weighted by atomic mass is 10.3. The lowest BCUT2D eigenvalue weighted by Crippen LogP contribution is -2.41. The smallest absolute Gasteiger partial charge is 0.235 e. The minimum absolute atomic E-state index is 0.0304. The van der Waals surface area contributed by atoms with Crippen LogP contribution < -0.4 is 0 Å². The van der Waals surface area contributed by atoms with E-state index in [4.69, 9.17) is 4.74 Å². The zero-order valence-electron chi connectivity index (χ0n) is 8.07. The summed E-state index contributed by atoms with van der Waals surface area (Å²) < 4.78 is 4.94. The van der Waals surface area contributed by atoms with E-state index in [1.807, 2.05) is 6.92 Å². The third-order valence-electron chi connectivity index (χ3n) is 1.77. The summed E-state index contributed by atoms with van der Waals surface area (Å²) in [5.74, 6) is 0.0304. The van der Waals surface area contributed by atoms with Crippen molar-refractivity contribution < 1.29 is 9.53 Å². The van der Waals surface area contributed by atoms with Crippen LogP contribution in [0.5, 0.6) is 0 Å². The number of hydrogen-bond donors (Lipinski definition) is 1. The van der Waals surface area contributed by atoms with Crippen LogP contribution in [0.25, 0.3) is 0 Å². The third-order valence-corrected chi connectivity index (χ3v) is 1.99. The minimum atomic E-state index is -0.241. The number of nitrogens with zero attached hydrogens (tertiary/aromatic N) is 1. The van der Waals surface area contributed by atoms with E-state index >= 15 is 0 Å². The number of ether oxygens (including phenoxy) is 1. The first kappa shape index (κ1) is 11.8. The summed E-state index contributed by atoms with van der Waals surface area (Å²) in [6.45, 7) is 4.27. The van der Waals surface area contributed by atoms with Crippen LogP contribution in [0.3, 0.4) is 0 Å². The molecule has 0 N–H and O–H groups in total. The highest BCUT2D eigenvalue weighted by atomic mass is 32.1. The van der Waals surface area contributed by atoms with Gasteiger partial charge < -0.3 is 9.64 Å². The van der Waals surface area contributed by atoms with Gasteiger partial charge in [-0.1, -0.05) is 0 Å². The molecule has 0 aliphatic carbocycles. The van der Waals surface area contributed by atoms with E-state index < -0.39 is 0 Å². The monoisotopic (exact) mass is 191 g/mol. The number of rotatable bonds is 4. The standard InChI is InChI=1S/C8H17NO2S/c1-6(5-11-4)9(3)8(10)7(2)12/h6-7,12H,5H2,1-4H3. The molecule has 0 aromatic heterocycles. The molecule has 0 rings (SSSR count). The summed E-state index contributed by atoms with van der Waals surface area (Å²) in [6, 6.07) is 0.108. The highest BCUT2D eigenvalue weighted by Gasteiger charge is 2.18. The summed E-state index contributed by atoms with van der Waals surface area (Å²) in [5.41, 5.74) is 0. The average Bonchev–Trinajstić information content (AvgIpc) is 2.02. The maximum absolute atomic E-state index is 11.4. The van der Waals surface area contributed by atoms with Crippen molar-refractivity contribution in [2.24, 2.45) is 0 Å². The van der Waals surface area contributed by atoms with Gasteiger partial charge in [0.2, 0.25) is 5.91 Å². The van der Waals surface area contributed by atoms with Crippen molar-refractivity contribution in [2.75, 3.05) is 20.8 Å². The highest BCUT2D eigenvalue weighted by molar-refractivity contribution is 7.81. The van der Waals surface area contributed by atoms with Crippen LogP contribution >= 0.6 is 12.6 Å². The van der Waals surface area contributed by atoms with Crippen LogP contribution in [0.15, 0.2) is 0 Å². The van der Waals surface area contributed by atoms with E-state index in [1.165, 1.54) is 0 Å². The Bertz CT molecular complexity index is 150. The Balaban J connectivity index is 4.00. The van der Waals surface area contributed by atoms with Gasteiger partial charge >= 0.3 is 0 Å². The number of methoxy groups -OCH3 is 1. The van der Waals surface area contributed by atoms with E-state index in [2.05, 4.69) is 12.6 Å². The summed E-state index contributed by atoms with van der Waals surface area (Å²) in [4.78, 5) is 13.0. The number of carbonyl (C=O) groups excluding carboxylic acids is 1. The van der Waals surface area contributed by atoms with Gasteiger partial charge in [0.25, 0.3) is 0 Å². The van der Waals surface area contributed by atoms with Crippen LogP contribution in [0.1, 0.15) is 13.8 Å². The Kier molecular flexibility index (Phi) is 5.33. The molecule has 4 heteroatoms. The molecular formula is C8H17NO2S. The van der Waals surface area contributed by atoms with Crippen LogP contribution in [0.4, 0.5) is 0 Å². The van der Waals surface area contributed by atoms with Gasteiger partial charge in [-0.3, -0.25) is 4.79 Å². The fraction of sp³-hybridized carbons (Fsp3) is 0.875. The van der Waals surface area contributed by atoms with Crippen molar-refractivity contribution in [3.63, 3.8) is 0 Å². The van der Waals surface area contributed by atoms with E-state index in [0.29, 0.717) is 6.61 Å². The van der Waals surface area contributed by atoms with Crippen molar-refractivity contribution in [3.05, 3.63) is 0 Å². The predicted octanol–water partition coefficient (Wildman–Crippen LogP) is 0.798. The Morgan fingerprint density at radius 2 is 2.08 bits per heavy atom. The Morgan fingerprint density at radius 3 is 2.42 bits per heavy atom. The quantitative estimate of drug-likeness (QED) is 0.666. The summed E-state index contributed by atoms with van der Waals surface area (Å²) in [6.07, 6.45) is 0. The molecule has 12 heavy (non-hydrogen) atoms. The molecule has 0 aromatic rings. The van der Waals surface area contributed by atoms with Gasteiger partial charge in [0, 0.05) is 14.2 Å². The molecule has 0 aliphatic rings. The maximum atomic E-state index is 11.4. The van der Waals surface area contributed by atoms with Crippen LogP contribution in [0, 0.1) is 0 Å². The molecule has 0 radical (unpaired) electrons. The zero-order valence-corrected chi connectivity index (χ0v) is 8.97. The van der Waals surface area contributed by atoms with Gasteiger partial charge in [-0.15, -0.1) is 0 Å². The fourth-order valence-corrected chi connectivity index (χ4v) is 1.05. The number of thiol groups is 1. The largest absolute Gasteiger partial charge is 0.383 e. The predicted molar refractivity (Wildman–Crippen MR) is 52.6 cm³/mol. The number of carbonyl (C=O) groups is 1. The SMILES string of the molecule is COCC(C)N(C)C(=O)C(C)S. The maximum Gasteiger partial charge on any atom is 0.235 e. The second-order valence-corrected chi connectivity index (χ2v) is 3.70. The molecule has 2 unspecified atom stereocenters. The van der Waals surface area contributed by atoms with Crippen molar-refractivity contribution in [3.8, 4) is 0 Å². The fourth-order valence-electron chi connectivity index (χ4n) is 0.865. The summed E-state index contributed by atoms with van der Waals surface area (Å²) in [5, 5.41) is -0.241. The Morgan fingerprint density at radius 1 is 1.58 bits per heavy atom. The molecule has 0 aromatic carbocycles. The molecule has 0 saturated heterocycles. The van der Waals surface area contributed by atoms with Crippen molar-refractivity contribution >= 4 is 18.5 Å². The van der Waals surface area contributed by atoms with Gasteiger partial charge in [-0.05, 0) is 13.8 Å². The second-order valence-electron chi connectivity index (χ2n) is 2.93. The van der Waals surface area contributed by atoms with Crippen LogP contribution in [-0.4, -0.2) is 42.9 Å². The first-order valence-electron chi connectivity index (χ1n) is 3.94. The summed E-state index contributed by atoms with van der Waals surface area (Å²) in [7, 11) is 3.39. The van der Waals surface area contributed by atoms with Gasteiger partial charge in [0.15, 0.2) is 0 Å². The van der Waals surface area contributed by atoms with Crippen molar-refractivity contribution in [1.82, 2.24) is 4.90 Å². The van der Waals surface area contributed by atoms with E-state index in [-0.39, 0.29) is 17.2 Å². The first-order valence-corrected chi connectivity index (χ1v) is 4.46. The molecule has 0 aliphatic heterocycles. The molecule has 0 saturated carbocycles. The number of likely N-dealkylation sites (N-methyl/N-ethyl adjacent to an activating group) is 1. The van der Waals surface area contributed by atoms with Crippen LogP contribution in [0.2, 0.25) is 0 Å². The molecule has 3 nitrogen and oxygen atoms in total. The second kappa shape index (κ2) is 5.43. The normalized spacial score (nSPS) is 15.4. The molecule has 0 spiro atoms. The van der Waals surface area contributed by atoms with Gasteiger partial charge in [-0.25, -0.2) is 0 Å². The lowest BCUT2D eigenvalue weighted by Gasteiger charge is -2.25. The Labute approximate surface area is 79.5 Å². The van der Waals surface area contributed by atoms with Gasteiger partial charge in [0.1, 0.15) is 0 Å². The number of amides is 1. The zero-order chi connectivity index (χ0) is 9.72. The third kappa shape index (κ3) is 3.45. The minimum Gasteiger partial charge on any atom is -0.383 e. The molecule has 0 heterocycles. The van der Waals surface area contributed by atoms with E-state index in [1.54, 1.807) is 26.0 Å². The number of hydrogen-bond acceptors (Lipinski definition) is 3. The molecule has 0 fully saturated rings. The van der Waals surface area contributed by atoms with E-state index in [9.17, 15) is 4.79 Å². The van der Waals surface area contributed by atoms with Crippen molar-refractivity contribution in [2.45, 2.75) is 25.1 Å². The molecule has 2 atom stereocenters. The topological polar surface area (TPSA) is 29.5 Å². The molecule has 0 bridgehead atoms. The van der Waals surface area contributed by atoms with Crippen LogP contribution in [-0.2, 0) is 9.53 Å². The molecule has 72 valence electrons. The molecular weight excluding hydrogens is 174 g/mol. The highest BCUT2D eigenvalue weighted by Crippen LogP contribution is 2.03. The lowest BCUT2D eigenvalue weighted by molar-refractivity contribution is -0.131. The first-order chi connectivity index (χ1) is 5.50.